The van der Waals surface area contributed by atoms with Gasteiger partial charge in [-0.15, -0.1) is 12.4 Å². The third kappa shape index (κ3) is 2.57. The summed E-state index contributed by atoms with van der Waals surface area (Å²) < 4.78 is 0. The highest BCUT2D eigenvalue weighted by Crippen LogP contribution is 2.16. The van der Waals surface area contributed by atoms with E-state index in [1.807, 2.05) is 0 Å². The first-order valence-corrected chi connectivity index (χ1v) is 3.89. The fourth-order valence-electron chi connectivity index (χ4n) is 1.44. The Morgan fingerprint density at radius 3 is 2.62 bits per heavy atom. The summed E-state index contributed by atoms with van der Waals surface area (Å²) in [6, 6.07) is -0.652. The molecule has 0 aromatic rings. The minimum Gasteiger partial charge on any atom is -0.480 e. The average Bonchev–Trinajstić information content (AvgIpc) is 2.50. The van der Waals surface area contributed by atoms with E-state index in [1.54, 1.807) is 0 Å². The summed E-state index contributed by atoms with van der Waals surface area (Å²) in [5.74, 6) is -1.21. The molecule has 0 aliphatic carbocycles. The molecule has 0 unspecified atom stereocenters. The van der Waals surface area contributed by atoms with Crippen molar-refractivity contribution in [2.45, 2.75) is 18.9 Å². The van der Waals surface area contributed by atoms with Gasteiger partial charge in [-0.3, -0.25) is 4.79 Å². The van der Waals surface area contributed by atoms with Crippen LogP contribution in [0, 0.1) is 0 Å². The molecule has 1 fully saturated rings. The van der Waals surface area contributed by atoms with Gasteiger partial charge in [0.1, 0.15) is 6.04 Å². The first kappa shape index (κ1) is 12.2. The minimum absolute atomic E-state index is 0. The van der Waals surface area contributed by atoms with Gasteiger partial charge in [0.25, 0.3) is 0 Å². The molecule has 1 rings (SSSR count). The fourth-order valence-corrected chi connectivity index (χ4v) is 1.44. The zero-order valence-corrected chi connectivity index (χ0v) is 7.92. The van der Waals surface area contributed by atoms with Crippen molar-refractivity contribution in [1.82, 2.24) is 4.90 Å². The monoisotopic (exact) mass is 208 g/mol. The largest absolute Gasteiger partial charge is 0.480 e. The number of amides is 1. The summed E-state index contributed by atoms with van der Waals surface area (Å²) >= 11 is 0. The lowest BCUT2D eigenvalue weighted by atomic mass is 10.2. The van der Waals surface area contributed by atoms with E-state index in [0.29, 0.717) is 13.0 Å². The standard InChI is InChI=1S/C7H12N2O3.ClH/c8-4-6(10)9-3-1-2-5(9)7(11)12;/h5H,1-4,8H2,(H,11,12);1H/t5-;/m0./s1. The Balaban J connectivity index is 0.00000144. The maximum atomic E-state index is 11.1. The van der Waals surface area contributed by atoms with E-state index >= 15 is 0 Å². The molecule has 0 aromatic carbocycles. The molecule has 3 N–H and O–H groups in total. The number of nitrogens with zero attached hydrogens (tertiary/aromatic N) is 1. The molecule has 76 valence electrons. The maximum absolute atomic E-state index is 11.1. The van der Waals surface area contributed by atoms with Crippen molar-refractivity contribution < 1.29 is 14.7 Å². The number of rotatable bonds is 2. The van der Waals surface area contributed by atoms with Gasteiger partial charge in [-0.1, -0.05) is 0 Å². The van der Waals surface area contributed by atoms with Crippen LogP contribution in [0.5, 0.6) is 0 Å². The van der Waals surface area contributed by atoms with Gasteiger partial charge in [-0.2, -0.15) is 0 Å². The average molecular weight is 209 g/mol. The van der Waals surface area contributed by atoms with E-state index in [1.165, 1.54) is 4.90 Å². The van der Waals surface area contributed by atoms with Gasteiger partial charge >= 0.3 is 5.97 Å². The topological polar surface area (TPSA) is 83.6 Å². The highest BCUT2D eigenvalue weighted by molar-refractivity contribution is 5.85. The van der Waals surface area contributed by atoms with Crippen molar-refractivity contribution in [3.63, 3.8) is 0 Å². The Hall–Kier alpha value is -0.810. The Morgan fingerprint density at radius 2 is 2.15 bits per heavy atom. The minimum atomic E-state index is -0.936. The van der Waals surface area contributed by atoms with Crippen LogP contribution in [-0.4, -0.2) is 41.0 Å². The van der Waals surface area contributed by atoms with Crippen LogP contribution in [0.4, 0.5) is 0 Å². The number of nitrogens with two attached hydrogens (primary N) is 1. The predicted octanol–water partition coefficient (Wildman–Crippen LogP) is -0.558. The number of likely N-dealkylation sites (tertiary alicyclic amines) is 1. The van der Waals surface area contributed by atoms with Gasteiger partial charge in [0, 0.05) is 6.54 Å². The number of aliphatic carboxylic acids is 1. The maximum Gasteiger partial charge on any atom is 0.326 e. The van der Waals surface area contributed by atoms with Crippen LogP contribution in [0.2, 0.25) is 0 Å². The Morgan fingerprint density at radius 1 is 1.54 bits per heavy atom. The van der Waals surface area contributed by atoms with Gasteiger partial charge in [0.2, 0.25) is 5.91 Å². The smallest absolute Gasteiger partial charge is 0.326 e. The van der Waals surface area contributed by atoms with Crippen LogP contribution in [0.25, 0.3) is 0 Å². The lowest BCUT2D eigenvalue weighted by molar-refractivity contribution is -0.147. The molecule has 0 spiro atoms. The summed E-state index contributed by atoms with van der Waals surface area (Å²) in [6.45, 7) is 0.413. The fraction of sp³-hybridized carbons (Fsp3) is 0.714. The molecule has 1 heterocycles. The highest BCUT2D eigenvalue weighted by atomic mass is 35.5. The first-order chi connectivity index (χ1) is 5.66. The quantitative estimate of drug-likeness (QED) is 0.638. The van der Waals surface area contributed by atoms with Crippen LogP contribution < -0.4 is 5.73 Å². The van der Waals surface area contributed by atoms with Crippen LogP contribution in [0.1, 0.15) is 12.8 Å². The zero-order valence-electron chi connectivity index (χ0n) is 7.10. The Bertz CT molecular complexity index is 210. The molecule has 1 saturated heterocycles. The van der Waals surface area contributed by atoms with E-state index in [4.69, 9.17) is 10.8 Å². The molecule has 1 atom stereocenters. The molecular weight excluding hydrogens is 196 g/mol. The number of hydrogen-bond acceptors (Lipinski definition) is 3. The van der Waals surface area contributed by atoms with Crippen LogP contribution >= 0.6 is 12.4 Å². The zero-order chi connectivity index (χ0) is 9.14. The predicted molar refractivity (Wildman–Crippen MR) is 48.7 cm³/mol. The lowest BCUT2D eigenvalue weighted by Gasteiger charge is -2.20. The molecule has 0 bridgehead atoms. The number of carbonyl (C=O) groups excluding carboxylic acids is 1. The summed E-state index contributed by atoms with van der Waals surface area (Å²) in [6.07, 6.45) is 1.30. The second kappa shape index (κ2) is 5.04. The van der Waals surface area contributed by atoms with Gasteiger partial charge in [0.15, 0.2) is 0 Å². The van der Waals surface area contributed by atoms with Crippen molar-refractivity contribution in [2.75, 3.05) is 13.1 Å². The van der Waals surface area contributed by atoms with E-state index in [9.17, 15) is 9.59 Å². The molecule has 5 nitrogen and oxygen atoms in total. The molecule has 1 amide bonds. The van der Waals surface area contributed by atoms with Crippen LogP contribution in [0.15, 0.2) is 0 Å². The molecule has 1 aliphatic heterocycles. The SMILES string of the molecule is Cl.NCC(=O)N1CCC[C@H]1C(=O)O. The van der Waals surface area contributed by atoms with E-state index < -0.39 is 12.0 Å². The molecule has 13 heavy (non-hydrogen) atoms. The van der Waals surface area contributed by atoms with Gasteiger partial charge in [0.05, 0.1) is 6.54 Å². The van der Waals surface area contributed by atoms with Gasteiger partial charge in [-0.05, 0) is 12.8 Å². The second-order valence-corrected chi connectivity index (χ2v) is 2.79. The number of carbonyl (C=O) groups is 2. The van der Waals surface area contributed by atoms with Crippen molar-refractivity contribution in [3.8, 4) is 0 Å². The third-order valence-electron chi connectivity index (χ3n) is 2.03. The van der Waals surface area contributed by atoms with Gasteiger partial charge < -0.3 is 15.7 Å². The first-order valence-electron chi connectivity index (χ1n) is 3.89. The molecule has 1 aliphatic rings. The number of hydrogen-bond donors (Lipinski definition) is 2. The molecule has 0 radical (unpaired) electrons. The Kier molecular flexibility index (Phi) is 4.72. The van der Waals surface area contributed by atoms with E-state index in [-0.39, 0.29) is 24.9 Å². The molecule has 6 heteroatoms. The van der Waals surface area contributed by atoms with Crippen molar-refractivity contribution in [3.05, 3.63) is 0 Å². The van der Waals surface area contributed by atoms with E-state index in [0.717, 1.165) is 6.42 Å². The van der Waals surface area contributed by atoms with Crippen molar-refractivity contribution >= 4 is 24.3 Å². The van der Waals surface area contributed by atoms with Crippen molar-refractivity contribution in [2.24, 2.45) is 5.73 Å². The van der Waals surface area contributed by atoms with Gasteiger partial charge in [-0.25, -0.2) is 4.79 Å². The molecule has 0 saturated carbocycles. The van der Waals surface area contributed by atoms with Crippen LogP contribution in [0.3, 0.4) is 0 Å². The summed E-state index contributed by atoms with van der Waals surface area (Å²) in [5.41, 5.74) is 5.13. The number of halogens is 1. The third-order valence-corrected chi connectivity index (χ3v) is 2.03. The summed E-state index contributed by atoms with van der Waals surface area (Å²) in [5, 5.41) is 8.69. The number of carboxylic acid groups (broad SMARTS) is 1. The highest BCUT2D eigenvalue weighted by Gasteiger charge is 2.32. The second-order valence-electron chi connectivity index (χ2n) is 2.79. The lowest BCUT2D eigenvalue weighted by Crippen LogP contribution is -2.43. The van der Waals surface area contributed by atoms with Crippen LogP contribution in [-0.2, 0) is 9.59 Å². The summed E-state index contributed by atoms with van der Waals surface area (Å²) in [4.78, 5) is 23.0. The van der Waals surface area contributed by atoms with E-state index in [2.05, 4.69) is 0 Å². The Labute approximate surface area is 82.3 Å². The number of carboxylic acids is 1. The molecular formula is C7H13ClN2O3. The summed E-state index contributed by atoms with van der Waals surface area (Å²) in [7, 11) is 0. The van der Waals surface area contributed by atoms with Crippen molar-refractivity contribution in [1.29, 1.82) is 0 Å². The normalized spacial score (nSPS) is 21.0. The molecule has 0 aromatic heterocycles.